The van der Waals surface area contributed by atoms with Gasteiger partial charge >= 0.3 is 0 Å². The van der Waals surface area contributed by atoms with Gasteiger partial charge in [-0.05, 0) is 42.8 Å². The van der Waals surface area contributed by atoms with Crippen molar-refractivity contribution >= 4 is 17.9 Å². The van der Waals surface area contributed by atoms with Crippen molar-refractivity contribution in [1.29, 1.82) is 0 Å². The molecule has 0 aliphatic heterocycles. The Morgan fingerprint density at radius 3 is 2.07 bits per heavy atom. The number of hydrazine groups is 1. The zero-order valence-electron chi connectivity index (χ0n) is 17.3. The molecule has 0 fully saturated rings. The summed E-state index contributed by atoms with van der Waals surface area (Å²) in [6, 6.07) is 9.97. The fourth-order valence-electron chi connectivity index (χ4n) is 2.64. The predicted molar refractivity (Wildman–Crippen MR) is 111 cm³/mol. The maximum Gasteiger partial charge on any atom is 0.281 e. The van der Waals surface area contributed by atoms with Crippen LogP contribution in [0.15, 0.2) is 42.1 Å². The van der Waals surface area contributed by atoms with Crippen molar-refractivity contribution in [2.75, 3.05) is 27.9 Å². The lowest BCUT2D eigenvalue weighted by atomic mass is 10.1. The van der Waals surface area contributed by atoms with Gasteiger partial charge in [0.05, 0.1) is 27.9 Å². The van der Waals surface area contributed by atoms with Crippen LogP contribution in [0.3, 0.4) is 0 Å². The molecule has 0 atom stereocenters. The first-order valence-electron chi connectivity index (χ1n) is 9.04. The average Bonchev–Trinajstić information content (AvgIpc) is 2.78. The Morgan fingerprint density at radius 1 is 1.00 bits per heavy atom. The molecule has 0 aliphatic carbocycles. The highest BCUT2D eigenvalue weighted by Gasteiger charge is 2.19. The molecule has 9 heteroatoms. The monoisotopic (exact) mass is 415 g/mol. The van der Waals surface area contributed by atoms with E-state index >= 15 is 0 Å². The summed E-state index contributed by atoms with van der Waals surface area (Å²) in [5.41, 5.74) is 2.85. The van der Waals surface area contributed by atoms with Crippen LogP contribution in [-0.2, 0) is 4.79 Å². The van der Waals surface area contributed by atoms with E-state index in [2.05, 4.69) is 5.32 Å². The Morgan fingerprint density at radius 2 is 1.60 bits per heavy atom. The number of carbonyl (C=O) groups excluding carboxylic acids is 2. The van der Waals surface area contributed by atoms with Crippen molar-refractivity contribution in [3.05, 3.63) is 53.2 Å². The van der Waals surface area contributed by atoms with Crippen LogP contribution in [0.4, 0.5) is 0 Å². The van der Waals surface area contributed by atoms with Gasteiger partial charge in [0.15, 0.2) is 11.5 Å². The van der Waals surface area contributed by atoms with Gasteiger partial charge in [-0.25, -0.2) is 5.84 Å². The van der Waals surface area contributed by atoms with Crippen LogP contribution in [0.2, 0.25) is 0 Å². The molecule has 9 nitrogen and oxygen atoms in total. The Labute approximate surface area is 174 Å². The highest BCUT2D eigenvalue weighted by Crippen LogP contribution is 2.38. The van der Waals surface area contributed by atoms with Gasteiger partial charge in [-0.1, -0.05) is 12.1 Å². The quantitative estimate of drug-likeness (QED) is 0.247. The maximum atomic E-state index is 12.8. The van der Waals surface area contributed by atoms with Crippen LogP contribution < -0.4 is 35.5 Å². The first kappa shape index (κ1) is 22.6. The molecule has 2 amide bonds. The molecule has 0 saturated heterocycles. The van der Waals surface area contributed by atoms with Gasteiger partial charge in [0.25, 0.3) is 11.8 Å². The van der Waals surface area contributed by atoms with Crippen molar-refractivity contribution in [1.82, 2.24) is 10.7 Å². The second-order valence-electron chi connectivity index (χ2n) is 5.90. The lowest BCUT2D eigenvalue weighted by Crippen LogP contribution is -2.38. The maximum absolute atomic E-state index is 12.8. The van der Waals surface area contributed by atoms with Crippen molar-refractivity contribution in [2.24, 2.45) is 5.84 Å². The second kappa shape index (κ2) is 10.7. The normalized spacial score (nSPS) is 10.8. The van der Waals surface area contributed by atoms with E-state index in [4.69, 9.17) is 24.8 Å². The summed E-state index contributed by atoms with van der Waals surface area (Å²) in [7, 11) is 4.35. The van der Waals surface area contributed by atoms with E-state index < -0.39 is 11.8 Å². The van der Waals surface area contributed by atoms with E-state index in [9.17, 15) is 9.59 Å². The zero-order valence-corrected chi connectivity index (χ0v) is 17.3. The van der Waals surface area contributed by atoms with E-state index in [1.165, 1.54) is 39.5 Å². The summed E-state index contributed by atoms with van der Waals surface area (Å²) >= 11 is 0. The number of amides is 2. The summed E-state index contributed by atoms with van der Waals surface area (Å²) < 4.78 is 21.2. The summed E-state index contributed by atoms with van der Waals surface area (Å²) in [6.45, 7) is 2.43. The van der Waals surface area contributed by atoms with E-state index in [-0.39, 0.29) is 11.3 Å². The number of hydrogen-bond acceptors (Lipinski definition) is 7. The van der Waals surface area contributed by atoms with E-state index in [0.29, 0.717) is 35.2 Å². The van der Waals surface area contributed by atoms with Gasteiger partial charge in [-0.2, -0.15) is 0 Å². The van der Waals surface area contributed by atoms with Gasteiger partial charge in [0.2, 0.25) is 5.75 Å². The Bertz CT molecular complexity index is 900. The Hall–Kier alpha value is -3.72. The number of nitrogens with one attached hydrogen (secondary N) is 2. The molecule has 30 heavy (non-hydrogen) atoms. The van der Waals surface area contributed by atoms with Crippen molar-refractivity contribution < 1.29 is 28.5 Å². The fraction of sp³-hybridized carbons (Fsp3) is 0.238. The molecule has 0 aliphatic rings. The summed E-state index contributed by atoms with van der Waals surface area (Å²) in [5, 5.41) is 2.56. The standard InChI is InChI=1S/C21H25N3O6/c1-5-30-15-8-6-13(7-9-15)10-16(21(26)24-22)23-20(25)14-11-17(27-2)19(29-4)18(12-14)28-3/h6-12H,5,22H2,1-4H3,(H,23,25)(H,24,26)/b16-10-. The predicted octanol–water partition coefficient (Wildman–Crippen LogP) is 1.87. The molecule has 0 unspecified atom stereocenters. The van der Waals surface area contributed by atoms with Crippen molar-refractivity contribution in [2.45, 2.75) is 6.92 Å². The first-order valence-corrected chi connectivity index (χ1v) is 9.04. The molecular weight excluding hydrogens is 390 g/mol. The Kier molecular flexibility index (Phi) is 8.07. The van der Waals surface area contributed by atoms with Crippen molar-refractivity contribution in [3.8, 4) is 23.0 Å². The molecule has 0 aromatic heterocycles. The number of carbonyl (C=O) groups is 2. The summed E-state index contributed by atoms with van der Waals surface area (Å²) in [5.74, 6) is 5.70. The molecule has 0 heterocycles. The van der Waals surface area contributed by atoms with Crippen LogP contribution in [0.5, 0.6) is 23.0 Å². The topological polar surface area (TPSA) is 121 Å². The van der Waals surface area contributed by atoms with Crippen LogP contribution in [0.25, 0.3) is 6.08 Å². The molecule has 4 N–H and O–H groups in total. The first-order chi connectivity index (χ1) is 14.5. The minimum atomic E-state index is -0.662. The highest BCUT2D eigenvalue weighted by molar-refractivity contribution is 6.05. The van der Waals surface area contributed by atoms with Gasteiger partial charge in [-0.3, -0.25) is 15.0 Å². The van der Waals surface area contributed by atoms with Crippen LogP contribution >= 0.6 is 0 Å². The molecule has 2 aromatic carbocycles. The molecule has 0 saturated carbocycles. The highest BCUT2D eigenvalue weighted by atomic mass is 16.5. The molecule has 2 aromatic rings. The third kappa shape index (κ3) is 5.42. The van der Waals surface area contributed by atoms with E-state index in [0.717, 1.165) is 0 Å². The SMILES string of the molecule is CCOc1ccc(/C=C(\NC(=O)c2cc(OC)c(OC)c(OC)c2)C(=O)NN)cc1. The molecule has 0 radical (unpaired) electrons. The second-order valence-corrected chi connectivity index (χ2v) is 5.90. The summed E-state index contributed by atoms with van der Waals surface area (Å²) in [4.78, 5) is 25.0. The number of benzene rings is 2. The van der Waals surface area contributed by atoms with Crippen LogP contribution in [0, 0.1) is 0 Å². The number of ether oxygens (including phenoxy) is 4. The number of methoxy groups -OCH3 is 3. The van der Waals surface area contributed by atoms with E-state index in [1.54, 1.807) is 24.3 Å². The number of rotatable bonds is 9. The molecule has 160 valence electrons. The minimum absolute atomic E-state index is 0.0413. The van der Waals surface area contributed by atoms with Gasteiger partial charge in [0.1, 0.15) is 11.4 Å². The van der Waals surface area contributed by atoms with Crippen LogP contribution in [-0.4, -0.2) is 39.8 Å². The third-order valence-corrected chi connectivity index (χ3v) is 4.05. The lowest BCUT2D eigenvalue weighted by Gasteiger charge is -2.14. The smallest absolute Gasteiger partial charge is 0.281 e. The average molecular weight is 415 g/mol. The minimum Gasteiger partial charge on any atom is -0.494 e. The van der Waals surface area contributed by atoms with E-state index in [1.807, 2.05) is 12.3 Å². The van der Waals surface area contributed by atoms with Gasteiger partial charge in [0, 0.05) is 5.56 Å². The lowest BCUT2D eigenvalue weighted by molar-refractivity contribution is -0.117. The zero-order chi connectivity index (χ0) is 22.1. The fourth-order valence-corrected chi connectivity index (χ4v) is 2.64. The third-order valence-electron chi connectivity index (χ3n) is 4.05. The van der Waals surface area contributed by atoms with Crippen LogP contribution in [0.1, 0.15) is 22.8 Å². The largest absolute Gasteiger partial charge is 0.494 e. The molecular formula is C21H25N3O6. The van der Waals surface area contributed by atoms with Gasteiger partial charge < -0.3 is 24.3 Å². The molecule has 0 spiro atoms. The number of hydrogen-bond donors (Lipinski definition) is 3. The Balaban J connectivity index is 2.34. The number of nitrogens with two attached hydrogens (primary N) is 1. The van der Waals surface area contributed by atoms with Crippen molar-refractivity contribution in [3.63, 3.8) is 0 Å². The molecule has 2 rings (SSSR count). The molecule has 0 bridgehead atoms. The summed E-state index contributed by atoms with van der Waals surface area (Å²) in [6.07, 6.45) is 1.49. The van der Waals surface area contributed by atoms with Gasteiger partial charge in [-0.15, -0.1) is 0 Å².